The lowest BCUT2D eigenvalue weighted by atomic mass is 10.0. The summed E-state index contributed by atoms with van der Waals surface area (Å²) in [5.41, 5.74) is 0. The summed E-state index contributed by atoms with van der Waals surface area (Å²) >= 11 is 0. The molecule has 1 atom stereocenters. The third-order valence-corrected chi connectivity index (χ3v) is 7.02. The number of unbranched alkanes of at least 4 members (excludes halogenated alkanes) is 10. The highest BCUT2D eigenvalue weighted by molar-refractivity contribution is 5.85. The van der Waals surface area contributed by atoms with Gasteiger partial charge in [0.1, 0.15) is 13.2 Å². The predicted molar refractivity (Wildman–Crippen MR) is 185 cm³/mol. The minimum Gasteiger partial charge on any atom is -0.481 e. The Morgan fingerprint density at radius 1 is 0.583 bits per heavy atom. The van der Waals surface area contributed by atoms with Gasteiger partial charge in [-0.2, -0.15) is 0 Å². The van der Waals surface area contributed by atoms with Gasteiger partial charge in [-0.15, -0.1) is 6.58 Å². The Bertz CT molecular complexity index is 841. The highest BCUT2D eigenvalue weighted by Crippen LogP contribution is 2.12. The van der Waals surface area contributed by atoms with Crippen molar-refractivity contribution < 1.29 is 52.8 Å². The SMILES string of the molecule is C=CC.CC(C)CCCCCC(=O)OC(=O)CCCCCCCC(=O)OCCOCC(C)OCCOC(=O)CCCCCCCC(=O)O. The Morgan fingerprint density at radius 3 is 1.44 bits per heavy atom. The third kappa shape index (κ3) is 39.4. The van der Waals surface area contributed by atoms with Gasteiger partial charge in [0.05, 0.1) is 25.9 Å². The maximum Gasteiger partial charge on any atom is 0.313 e. The van der Waals surface area contributed by atoms with Crippen LogP contribution in [0.15, 0.2) is 12.7 Å². The lowest BCUT2D eigenvalue weighted by Gasteiger charge is -2.14. The van der Waals surface area contributed by atoms with Crippen LogP contribution in [0.3, 0.4) is 0 Å². The minimum atomic E-state index is -0.776. The number of hydrogen-bond donors (Lipinski definition) is 1. The van der Waals surface area contributed by atoms with Crippen LogP contribution in [-0.2, 0) is 47.7 Å². The van der Waals surface area contributed by atoms with Crippen molar-refractivity contribution in [1.82, 2.24) is 0 Å². The Morgan fingerprint density at radius 2 is 0.979 bits per heavy atom. The van der Waals surface area contributed by atoms with Gasteiger partial charge in [0.25, 0.3) is 0 Å². The van der Waals surface area contributed by atoms with Crippen LogP contribution >= 0.6 is 0 Å². The normalized spacial score (nSPS) is 11.3. The first-order valence-corrected chi connectivity index (χ1v) is 18.0. The quantitative estimate of drug-likeness (QED) is 0.0249. The van der Waals surface area contributed by atoms with Crippen molar-refractivity contribution in [2.24, 2.45) is 5.92 Å². The predicted octanol–water partition coefficient (Wildman–Crippen LogP) is 7.91. The molecule has 0 aliphatic carbocycles. The molecular formula is C37H66O11. The molecule has 0 saturated heterocycles. The van der Waals surface area contributed by atoms with Gasteiger partial charge in [0.15, 0.2) is 0 Å². The molecule has 0 aromatic heterocycles. The molecule has 11 nitrogen and oxygen atoms in total. The molecule has 0 aromatic rings. The molecular weight excluding hydrogens is 620 g/mol. The molecule has 0 radical (unpaired) electrons. The molecule has 0 aromatic carbocycles. The molecule has 0 aliphatic rings. The van der Waals surface area contributed by atoms with Gasteiger partial charge in [-0.3, -0.25) is 24.0 Å². The zero-order valence-corrected chi connectivity index (χ0v) is 30.4. The Kier molecular flexibility index (Phi) is 35.0. The van der Waals surface area contributed by atoms with E-state index in [9.17, 15) is 24.0 Å². The summed E-state index contributed by atoms with van der Waals surface area (Å²) in [5, 5.41) is 8.60. The van der Waals surface area contributed by atoms with Crippen LogP contribution in [-0.4, -0.2) is 74.1 Å². The number of carboxylic acid groups (broad SMARTS) is 1. The van der Waals surface area contributed by atoms with Crippen molar-refractivity contribution in [3.63, 3.8) is 0 Å². The highest BCUT2D eigenvalue weighted by Gasteiger charge is 2.11. The van der Waals surface area contributed by atoms with Gasteiger partial charge in [-0.1, -0.05) is 77.7 Å². The molecule has 48 heavy (non-hydrogen) atoms. The molecule has 0 amide bonds. The average Bonchev–Trinajstić information content (AvgIpc) is 3.02. The van der Waals surface area contributed by atoms with Crippen LogP contribution in [0.4, 0.5) is 0 Å². The fourth-order valence-electron chi connectivity index (χ4n) is 4.43. The Labute approximate surface area is 289 Å². The first-order chi connectivity index (χ1) is 23.0. The standard InChI is InChI=1S/C34H60O11.C3H6/c1-28(2)17-11-10-16-22-34(40)45-33(39)21-15-9-5-8-14-19-31(37)43-24-23-41-27-29(3)42-25-26-44-32(38)20-13-7-4-6-12-18-30(35)36;1-3-2/h28-29H,4-27H2,1-3H3,(H,35,36);3H,1H2,2H3. The Hall–Kier alpha value is -2.79. The number of aliphatic carboxylic acids is 1. The maximum absolute atomic E-state index is 11.9. The molecule has 0 spiro atoms. The van der Waals surface area contributed by atoms with E-state index in [2.05, 4.69) is 20.4 Å². The number of hydrogen-bond acceptors (Lipinski definition) is 10. The zero-order valence-electron chi connectivity index (χ0n) is 30.4. The molecule has 0 bridgehead atoms. The monoisotopic (exact) mass is 686 g/mol. The first kappa shape index (κ1) is 47.3. The molecule has 11 heteroatoms. The van der Waals surface area contributed by atoms with Gasteiger partial charge in [0.2, 0.25) is 0 Å². The molecule has 0 saturated carbocycles. The van der Waals surface area contributed by atoms with Crippen molar-refractivity contribution in [2.75, 3.05) is 33.0 Å². The largest absolute Gasteiger partial charge is 0.481 e. The van der Waals surface area contributed by atoms with Crippen LogP contribution in [0.2, 0.25) is 0 Å². The van der Waals surface area contributed by atoms with Crippen molar-refractivity contribution in [3.8, 4) is 0 Å². The summed E-state index contributed by atoms with van der Waals surface area (Å²) in [6, 6.07) is 0. The van der Waals surface area contributed by atoms with Crippen molar-refractivity contribution in [3.05, 3.63) is 12.7 Å². The highest BCUT2D eigenvalue weighted by atomic mass is 16.6. The summed E-state index contributed by atoms with van der Waals surface area (Å²) < 4.78 is 26.3. The van der Waals surface area contributed by atoms with E-state index >= 15 is 0 Å². The number of carbonyl (C=O) groups excluding carboxylic acids is 4. The van der Waals surface area contributed by atoms with Crippen molar-refractivity contribution >= 4 is 29.8 Å². The van der Waals surface area contributed by atoms with E-state index in [4.69, 9.17) is 28.8 Å². The summed E-state index contributed by atoms with van der Waals surface area (Å²) in [5.74, 6) is -1.53. The number of carboxylic acids is 1. The summed E-state index contributed by atoms with van der Waals surface area (Å²) in [6.45, 7) is 12.6. The minimum absolute atomic E-state index is 0.168. The molecule has 1 unspecified atom stereocenters. The van der Waals surface area contributed by atoms with E-state index in [1.165, 1.54) is 0 Å². The fourth-order valence-corrected chi connectivity index (χ4v) is 4.43. The molecule has 0 fully saturated rings. The van der Waals surface area contributed by atoms with E-state index in [1.807, 2.05) is 13.8 Å². The van der Waals surface area contributed by atoms with Crippen LogP contribution in [0.25, 0.3) is 0 Å². The van der Waals surface area contributed by atoms with Gasteiger partial charge < -0.3 is 28.8 Å². The number of esters is 4. The van der Waals surface area contributed by atoms with Gasteiger partial charge in [-0.05, 0) is 51.9 Å². The second-order valence-electron chi connectivity index (χ2n) is 12.4. The second-order valence-corrected chi connectivity index (χ2v) is 12.4. The molecule has 0 heterocycles. The van der Waals surface area contributed by atoms with Crippen LogP contribution < -0.4 is 0 Å². The van der Waals surface area contributed by atoms with E-state index in [0.29, 0.717) is 51.0 Å². The van der Waals surface area contributed by atoms with Gasteiger partial charge in [0, 0.05) is 32.1 Å². The summed E-state index contributed by atoms with van der Waals surface area (Å²) in [6.07, 6.45) is 14.9. The Balaban J connectivity index is 0. The fraction of sp³-hybridized carbons (Fsp3) is 0.811. The maximum atomic E-state index is 11.9. The van der Waals surface area contributed by atoms with E-state index in [-0.39, 0.29) is 57.3 Å². The first-order valence-electron chi connectivity index (χ1n) is 18.0. The zero-order chi connectivity index (χ0) is 36.3. The van der Waals surface area contributed by atoms with E-state index < -0.39 is 17.9 Å². The van der Waals surface area contributed by atoms with Crippen LogP contribution in [0, 0.1) is 5.92 Å². The topological polar surface area (TPSA) is 152 Å². The lowest BCUT2D eigenvalue weighted by Crippen LogP contribution is -2.21. The molecule has 1 N–H and O–H groups in total. The van der Waals surface area contributed by atoms with E-state index in [1.54, 1.807) is 6.08 Å². The lowest BCUT2D eigenvalue weighted by molar-refractivity contribution is -0.160. The summed E-state index contributed by atoms with van der Waals surface area (Å²) in [4.78, 5) is 57.6. The number of rotatable bonds is 31. The number of ether oxygens (including phenoxy) is 5. The molecule has 0 rings (SSSR count). The van der Waals surface area contributed by atoms with E-state index in [0.717, 1.165) is 70.6 Å². The average molecular weight is 687 g/mol. The summed E-state index contributed by atoms with van der Waals surface area (Å²) in [7, 11) is 0. The van der Waals surface area contributed by atoms with Crippen LogP contribution in [0.5, 0.6) is 0 Å². The second kappa shape index (κ2) is 35.5. The van der Waals surface area contributed by atoms with Crippen molar-refractivity contribution in [1.29, 1.82) is 0 Å². The number of allylic oxidation sites excluding steroid dienone is 1. The third-order valence-electron chi connectivity index (χ3n) is 7.02. The molecule has 0 aliphatic heterocycles. The number of carbonyl (C=O) groups is 5. The van der Waals surface area contributed by atoms with Gasteiger partial charge >= 0.3 is 29.8 Å². The van der Waals surface area contributed by atoms with Gasteiger partial charge in [-0.25, -0.2) is 0 Å². The van der Waals surface area contributed by atoms with Crippen LogP contribution in [0.1, 0.15) is 150 Å². The molecule has 280 valence electrons. The smallest absolute Gasteiger partial charge is 0.313 e. The van der Waals surface area contributed by atoms with Crippen molar-refractivity contribution in [2.45, 2.75) is 156 Å².